The number of thiophene rings is 1. The van der Waals surface area contributed by atoms with Crippen molar-refractivity contribution in [3.63, 3.8) is 0 Å². The summed E-state index contributed by atoms with van der Waals surface area (Å²) in [6.45, 7) is 5.51. The standard InChI is InChI=1S/C17H22FN3OS.HI/c1-3-19-17(21-11-16-12(2)8-9-23-16)20-10-15(22)13-6-4-5-7-14(13)18;/h4-9,15,22H,3,10-11H2,1-2H3,(H2,19,20,21);1H. The molecule has 3 N–H and O–H groups in total. The van der Waals surface area contributed by atoms with Crippen molar-refractivity contribution >= 4 is 41.3 Å². The molecular weight excluding hydrogens is 440 g/mol. The normalized spacial score (nSPS) is 12.4. The first kappa shape index (κ1) is 20.9. The van der Waals surface area contributed by atoms with Gasteiger partial charge in [-0.05, 0) is 36.9 Å². The Bertz CT molecular complexity index is 663. The lowest BCUT2D eigenvalue weighted by Crippen LogP contribution is -2.39. The number of hydrogen-bond acceptors (Lipinski definition) is 3. The van der Waals surface area contributed by atoms with Crippen molar-refractivity contribution in [3.05, 3.63) is 57.5 Å². The molecule has 0 saturated heterocycles. The Balaban J connectivity index is 0.00000288. The zero-order chi connectivity index (χ0) is 16.7. The number of aliphatic imine (C=N–C) groups is 1. The lowest BCUT2D eigenvalue weighted by Gasteiger charge is -2.16. The summed E-state index contributed by atoms with van der Waals surface area (Å²) in [7, 11) is 0. The Morgan fingerprint density at radius 2 is 2.04 bits per heavy atom. The molecule has 7 heteroatoms. The number of halogens is 2. The van der Waals surface area contributed by atoms with Gasteiger partial charge in [0.15, 0.2) is 5.96 Å². The molecule has 0 aliphatic carbocycles. The Hall–Kier alpha value is -1.19. The number of hydrogen-bond donors (Lipinski definition) is 3. The van der Waals surface area contributed by atoms with E-state index in [0.29, 0.717) is 19.0 Å². The topological polar surface area (TPSA) is 56.7 Å². The second kappa shape index (κ2) is 10.6. The van der Waals surface area contributed by atoms with Crippen molar-refractivity contribution in [1.29, 1.82) is 0 Å². The van der Waals surface area contributed by atoms with Crippen LogP contribution in [-0.2, 0) is 6.54 Å². The highest BCUT2D eigenvalue weighted by Crippen LogP contribution is 2.17. The summed E-state index contributed by atoms with van der Waals surface area (Å²) in [6.07, 6.45) is -0.927. The fraction of sp³-hybridized carbons (Fsp3) is 0.353. The molecule has 0 radical (unpaired) electrons. The van der Waals surface area contributed by atoms with Gasteiger partial charge in [0.1, 0.15) is 5.82 Å². The molecule has 2 aromatic rings. The molecule has 1 aromatic heterocycles. The molecule has 2 rings (SSSR count). The molecule has 0 aliphatic heterocycles. The van der Waals surface area contributed by atoms with E-state index in [4.69, 9.17) is 0 Å². The van der Waals surface area contributed by atoms with Crippen LogP contribution in [0.5, 0.6) is 0 Å². The fourth-order valence-electron chi connectivity index (χ4n) is 2.11. The van der Waals surface area contributed by atoms with E-state index in [9.17, 15) is 9.50 Å². The predicted octanol–water partition coefficient (Wildman–Crippen LogP) is 3.60. The van der Waals surface area contributed by atoms with Gasteiger partial charge in [-0.15, -0.1) is 35.3 Å². The zero-order valence-corrected chi connectivity index (χ0v) is 16.9. The van der Waals surface area contributed by atoms with Gasteiger partial charge in [0.25, 0.3) is 0 Å². The Labute approximate surface area is 163 Å². The third kappa shape index (κ3) is 6.03. The van der Waals surface area contributed by atoms with E-state index in [-0.39, 0.29) is 36.1 Å². The van der Waals surface area contributed by atoms with Crippen molar-refractivity contribution < 1.29 is 9.50 Å². The Morgan fingerprint density at radius 3 is 2.67 bits per heavy atom. The van der Waals surface area contributed by atoms with Gasteiger partial charge in [-0.1, -0.05) is 18.2 Å². The lowest BCUT2D eigenvalue weighted by atomic mass is 10.1. The maximum absolute atomic E-state index is 13.7. The van der Waals surface area contributed by atoms with Crippen molar-refractivity contribution in [2.45, 2.75) is 26.5 Å². The molecule has 24 heavy (non-hydrogen) atoms. The van der Waals surface area contributed by atoms with E-state index in [1.54, 1.807) is 29.5 Å². The molecule has 0 saturated carbocycles. The maximum atomic E-state index is 13.7. The summed E-state index contributed by atoms with van der Waals surface area (Å²) in [5, 5.41) is 18.4. The van der Waals surface area contributed by atoms with Gasteiger partial charge >= 0.3 is 0 Å². The number of nitrogens with zero attached hydrogens (tertiary/aromatic N) is 1. The molecule has 0 aliphatic rings. The summed E-state index contributed by atoms with van der Waals surface area (Å²) in [5.74, 6) is 0.202. The minimum Gasteiger partial charge on any atom is -0.386 e. The smallest absolute Gasteiger partial charge is 0.191 e. The van der Waals surface area contributed by atoms with Gasteiger partial charge in [0.05, 0.1) is 12.6 Å². The second-order valence-corrected chi connectivity index (χ2v) is 6.14. The van der Waals surface area contributed by atoms with Crippen LogP contribution in [0, 0.1) is 12.7 Å². The van der Waals surface area contributed by atoms with Gasteiger partial charge in [-0.25, -0.2) is 9.38 Å². The second-order valence-electron chi connectivity index (χ2n) is 5.14. The summed E-state index contributed by atoms with van der Waals surface area (Å²) in [5.41, 5.74) is 1.51. The number of nitrogens with one attached hydrogen (secondary N) is 2. The van der Waals surface area contributed by atoms with E-state index in [2.05, 4.69) is 28.6 Å². The monoisotopic (exact) mass is 463 g/mol. The van der Waals surface area contributed by atoms with E-state index in [0.717, 1.165) is 0 Å². The molecule has 1 aromatic carbocycles. The van der Waals surface area contributed by atoms with Crippen LogP contribution in [-0.4, -0.2) is 24.2 Å². The van der Waals surface area contributed by atoms with Crippen molar-refractivity contribution in [1.82, 2.24) is 10.6 Å². The first-order chi connectivity index (χ1) is 11.1. The number of aliphatic hydroxyl groups excluding tert-OH is 1. The van der Waals surface area contributed by atoms with Gasteiger partial charge < -0.3 is 15.7 Å². The third-order valence-electron chi connectivity index (χ3n) is 3.42. The number of guanidine groups is 1. The van der Waals surface area contributed by atoms with Crippen LogP contribution in [0.1, 0.15) is 29.0 Å². The Kier molecular flexibility index (Phi) is 9.24. The summed E-state index contributed by atoms with van der Waals surface area (Å²) in [4.78, 5) is 5.71. The maximum Gasteiger partial charge on any atom is 0.191 e. The molecule has 0 spiro atoms. The molecular formula is C17H23FIN3OS. The largest absolute Gasteiger partial charge is 0.386 e. The number of aliphatic hydroxyl groups is 1. The third-order valence-corrected chi connectivity index (χ3v) is 4.43. The van der Waals surface area contributed by atoms with Gasteiger partial charge in [0, 0.05) is 23.5 Å². The fourth-order valence-corrected chi connectivity index (χ4v) is 2.94. The molecule has 132 valence electrons. The molecule has 4 nitrogen and oxygen atoms in total. The SMILES string of the molecule is CCNC(=NCc1sccc1C)NCC(O)c1ccccc1F.I. The molecule has 1 unspecified atom stereocenters. The van der Waals surface area contributed by atoms with Crippen LogP contribution in [0.15, 0.2) is 40.7 Å². The molecule has 0 fully saturated rings. The van der Waals surface area contributed by atoms with Crippen molar-refractivity contribution in [3.8, 4) is 0 Å². The summed E-state index contributed by atoms with van der Waals surface area (Å²) in [6, 6.07) is 8.31. The number of rotatable bonds is 6. The first-order valence-electron chi connectivity index (χ1n) is 7.59. The average molecular weight is 463 g/mol. The predicted molar refractivity (Wildman–Crippen MR) is 109 cm³/mol. The quantitative estimate of drug-likeness (QED) is 0.349. The van der Waals surface area contributed by atoms with Crippen LogP contribution >= 0.6 is 35.3 Å². The number of benzene rings is 1. The molecule has 1 heterocycles. The summed E-state index contributed by atoms with van der Waals surface area (Å²) < 4.78 is 13.7. The Morgan fingerprint density at radius 1 is 1.29 bits per heavy atom. The van der Waals surface area contributed by atoms with Crippen LogP contribution in [0.2, 0.25) is 0 Å². The lowest BCUT2D eigenvalue weighted by molar-refractivity contribution is 0.176. The van der Waals surface area contributed by atoms with Crippen LogP contribution in [0.25, 0.3) is 0 Å². The van der Waals surface area contributed by atoms with E-state index in [1.165, 1.54) is 16.5 Å². The van der Waals surface area contributed by atoms with E-state index in [1.807, 2.05) is 12.3 Å². The molecule has 0 bridgehead atoms. The van der Waals surface area contributed by atoms with Crippen molar-refractivity contribution in [2.24, 2.45) is 4.99 Å². The van der Waals surface area contributed by atoms with Gasteiger partial charge in [-0.2, -0.15) is 0 Å². The highest BCUT2D eigenvalue weighted by atomic mass is 127. The molecule has 1 atom stereocenters. The van der Waals surface area contributed by atoms with Crippen LogP contribution in [0.4, 0.5) is 4.39 Å². The minimum absolute atomic E-state index is 0. The van der Waals surface area contributed by atoms with E-state index < -0.39 is 11.9 Å². The molecule has 0 amide bonds. The van der Waals surface area contributed by atoms with Crippen LogP contribution in [0.3, 0.4) is 0 Å². The highest BCUT2D eigenvalue weighted by molar-refractivity contribution is 14.0. The van der Waals surface area contributed by atoms with Crippen molar-refractivity contribution in [2.75, 3.05) is 13.1 Å². The first-order valence-corrected chi connectivity index (χ1v) is 8.47. The zero-order valence-electron chi connectivity index (χ0n) is 13.8. The summed E-state index contributed by atoms with van der Waals surface area (Å²) >= 11 is 1.67. The van der Waals surface area contributed by atoms with Gasteiger partial charge in [-0.3, -0.25) is 0 Å². The van der Waals surface area contributed by atoms with Gasteiger partial charge in [0.2, 0.25) is 0 Å². The van der Waals surface area contributed by atoms with E-state index >= 15 is 0 Å². The average Bonchev–Trinajstić information content (AvgIpc) is 2.95. The van der Waals surface area contributed by atoms with Crippen LogP contribution < -0.4 is 10.6 Å². The minimum atomic E-state index is -0.927. The number of aryl methyl sites for hydroxylation is 1. The highest BCUT2D eigenvalue weighted by Gasteiger charge is 2.12.